The predicted molar refractivity (Wildman–Crippen MR) is 111 cm³/mol. The van der Waals surface area contributed by atoms with E-state index in [-0.39, 0.29) is 17.9 Å². The van der Waals surface area contributed by atoms with Crippen molar-refractivity contribution >= 4 is 40.4 Å². The molecule has 0 bridgehead atoms. The van der Waals surface area contributed by atoms with E-state index in [0.29, 0.717) is 21.5 Å². The summed E-state index contributed by atoms with van der Waals surface area (Å²) < 4.78 is 13.8. The van der Waals surface area contributed by atoms with Gasteiger partial charge >= 0.3 is 0 Å². The zero-order valence-electron chi connectivity index (χ0n) is 15.0. The van der Waals surface area contributed by atoms with Gasteiger partial charge in [0.25, 0.3) is 11.4 Å². The van der Waals surface area contributed by atoms with Crippen molar-refractivity contribution in [2.24, 2.45) is 0 Å². The molecule has 0 aliphatic carbocycles. The van der Waals surface area contributed by atoms with Crippen LogP contribution in [0.4, 0.5) is 21.5 Å². The summed E-state index contributed by atoms with van der Waals surface area (Å²) in [4.78, 5) is 22.2. The average molecular weight is 450 g/mol. The highest BCUT2D eigenvalue weighted by molar-refractivity contribution is 7.99. The third-order valence-corrected chi connectivity index (χ3v) is 5.40. The first-order valence-corrected chi connectivity index (χ1v) is 9.55. The second-order valence-corrected chi connectivity index (χ2v) is 7.59. The van der Waals surface area contributed by atoms with Crippen LogP contribution in [0.25, 0.3) is 0 Å². The molecule has 154 valence electrons. The highest BCUT2D eigenvalue weighted by Crippen LogP contribution is 2.35. The van der Waals surface area contributed by atoms with E-state index in [0.717, 1.165) is 11.0 Å². The normalized spacial score (nSPS) is 10.6. The molecule has 0 unspecified atom stereocenters. The quantitative estimate of drug-likeness (QED) is 0.267. The third-order valence-electron chi connectivity index (χ3n) is 4.02. The molecule has 0 fully saturated rings. The number of nitrogens with zero attached hydrogens (tertiary/aromatic N) is 2. The number of rotatable bonds is 7. The van der Waals surface area contributed by atoms with Gasteiger partial charge in [0.15, 0.2) is 11.6 Å². The molecule has 0 spiro atoms. The first-order valence-electron chi connectivity index (χ1n) is 8.36. The van der Waals surface area contributed by atoms with Crippen molar-refractivity contribution in [3.8, 4) is 5.75 Å². The molecule has 0 saturated carbocycles. The molecule has 0 aromatic heterocycles. The molecule has 0 amide bonds. The van der Waals surface area contributed by atoms with Gasteiger partial charge in [0.1, 0.15) is 0 Å². The molecule has 11 heteroatoms. The Hall–Kier alpha value is -3.37. The minimum absolute atomic E-state index is 0.0498. The molecule has 3 rings (SSSR count). The number of nitrogens with one attached hydrogen (secondary N) is 1. The van der Waals surface area contributed by atoms with Crippen LogP contribution in [0.2, 0.25) is 5.02 Å². The summed E-state index contributed by atoms with van der Waals surface area (Å²) >= 11 is 7.21. The summed E-state index contributed by atoms with van der Waals surface area (Å²) in [6.07, 6.45) is 0. The molecular weight excluding hydrogens is 437 g/mol. The van der Waals surface area contributed by atoms with Crippen LogP contribution in [-0.4, -0.2) is 15.0 Å². The second-order valence-electron chi connectivity index (χ2n) is 6.04. The van der Waals surface area contributed by atoms with E-state index in [1.54, 1.807) is 30.3 Å². The summed E-state index contributed by atoms with van der Waals surface area (Å²) in [5.74, 6) is -1.93. The monoisotopic (exact) mass is 449 g/mol. The zero-order valence-corrected chi connectivity index (χ0v) is 16.6. The van der Waals surface area contributed by atoms with Gasteiger partial charge < -0.3 is 10.4 Å². The van der Waals surface area contributed by atoms with Crippen molar-refractivity contribution in [1.82, 2.24) is 0 Å². The van der Waals surface area contributed by atoms with Crippen LogP contribution < -0.4 is 5.32 Å². The number of halogens is 2. The van der Waals surface area contributed by atoms with Crippen molar-refractivity contribution in [1.29, 1.82) is 0 Å². The van der Waals surface area contributed by atoms with E-state index in [9.17, 15) is 29.7 Å². The number of benzene rings is 3. The number of nitro benzene ring substituents is 2. The van der Waals surface area contributed by atoms with Crippen LogP contribution in [0.1, 0.15) is 5.56 Å². The van der Waals surface area contributed by atoms with Crippen molar-refractivity contribution in [3.63, 3.8) is 0 Å². The first kappa shape index (κ1) is 21.3. The lowest BCUT2D eigenvalue weighted by Gasteiger charge is -2.13. The van der Waals surface area contributed by atoms with Gasteiger partial charge in [0, 0.05) is 39.6 Å². The Morgan fingerprint density at radius 1 is 1.00 bits per heavy atom. The minimum Gasteiger partial charge on any atom is -0.503 e. The Kier molecular flexibility index (Phi) is 6.38. The van der Waals surface area contributed by atoms with Crippen molar-refractivity contribution in [2.75, 3.05) is 5.32 Å². The van der Waals surface area contributed by atoms with E-state index in [2.05, 4.69) is 5.32 Å². The molecule has 3 aromatic rings. The van der Waals surface area contributed by atoms with Crippen LogP contribution in [0.5, 0.6) is 5.75 Å². The molecule has 0 atom stereocenters. The van der Waals surface area contributed by atoms with E-state index < -0.39 is 27.1 Å². The van der Waals surface area contributed by atoms with Gasteiger partial charge in [0.2, 0.25) is 0 Å². The lowest BCUT2D eigenvalue weighted by Crippen LogP contribution is -2.04. The molecule has 3 aromatic carbocycles. The van der Waals surface area contributed by atoms with Crippen LogP contribution >= 0.6 is 23.4 Å². The second kappa shape index (κ2) is 8.97. The smallest absolute Gasteiger partial charge is 0.274 e. The van der Waals surface area contributed by atoms with Gasteiger partial charge in [-0.05, 0) is 35.9 Å². The average Bonchev–Trinajstić information content (AvgIpc) is 2.71. The number of phenols is 1. The number of nitro groups is 2. The van der Waals surface area contributed by atoms with Gasteiger partial charge in [-0.2, -0.15) is 0 Å². The van der Waals surface area contributed by atoms with E-state index in [4.69, 9.17) is 11.6 Å². The van der Waals surface area contributed by atoms with Crippen LogP contribution in [-0.2, 0) is 6.54 Å². The Bertz CT molecular complexity index is 1130. The van der Waals surface area contributed by atoms with Crippen LogP contribution in [0.15, 0.2) is 64.4 Å². The number of hydrogen-bond donors (Lipinski definition) is 2. The standard InChI is InChI=1S/C19H13ClFN3O5S/c20-12-1-4-15(5-2-12)30-18-6-3-13(23(26)27)7-11(18)10-22-17-9-14(24(28)29)8-16(21)19(17)25/h1-9,22,25H,10H2. The number of non-ortho nitro benzene ring substituents is 2. The predicted octanol–water partition coefficient (Wildman–Crippen LogP) is 5.76. The lowest BCUT2D eigenvalue weighted by atomic mass is 10.2. The number of phenolic OH excluding ortho intramolecular Hbond substituents is 1. The fourth-order valence-electron chi connectivity index (χ4n) is 2.56. The highest BCUT2D eigenvalue weighted by atomic mass is 35.5. The molecule has 0 saturated heterocycles. The number of hydrogen-bond acceptors (Lipinski definition) is 7. The minimum atomic E-state index is -1.15. The Morgan fingerprint density at radius 3 is 2.30 bits per heavy atom. The fourth-order valence-corrected chi connectivity index (χ4v) is 3.61. The lowest BCUT2D eigenvalue weighted by molar-refractivity contribution is -0.385. The molecule has 0 aliphatic heterocycles. The van der Waals surface area contributed by atoms with E-state index in [1.165, 1.54) is 23.9 Å². The molecule has 2 N–H and O–H groups in total. The summed E-state index contributed by atoms with van der Waals surface area (Å²) in [5, 5.41) is 35.2. The summed E-state index contributed by atoms with van der Waals surface area (Å²) in [6, 6.07) is 12.8. The molecule has 30 heavy (non-hydrogen) atoms. The molecule has 0 aliphatic rings. The van der Waals surface area contributed by atoms with E-state index in [1.807, 2.05) is 0 Å². The third kappa shape index (κ3) is 4.97. The maximum absolute atomic E-state index is 13.8. The van der Waals surface area contributed by atoms with Crippen LogP contribution in [0.3, 0.4) is 0 Å². The Labute approximate surface area is 178 Å². The molecule has 0 heterocycles. The van der Waals surface area contributed by atoms with Crippen molar-refractivity contribution < 1.29 is 19.3 Å². The number of aromatic hydroxyl groups is 1. The maximum atomic E-state index is 13.8. The molecule has 0 radical (unpaired) electrons. The van der Waals surface area contributed by atoms with E-state index >= 15 is 0 Å². The maximum Gasteiger partial charge on any atom is 0.274 e. The Morgan fingerprint density at radius 2 is 1.67 bits per heavy atom. The van der Waals surface area contributed by atoms with Gasteiger partial charge in [-0.3, -0.25) is 20.2 Å². The van der Waals surface area contributed by atoms with Crippen molar-refractivity contribution in [2.45, 2.75) is 16.3 Å². The van der Waals surface area contributed by atoms with Crippen LogP contribution in [0, 0.1) is 26.0 Å². The highest BCUT2D eigenvalue weighted by Gasteiger charge is 2.17. The zero-order chi connectivity index (χ0) is 21.8. The summed E-state index contributed by atoms with van der Waals surface area (Å²) in [6.45, 7) is -0.0498. The topological polar surface area (TPSA) is 119 Å². The molecule has 8 nitrogen and oxygen atoms in total. The van der Waals surface area contributed by atoms with Gasteiger partial charge in [-0.15, -0.1) is 0 Å². The first-order chi connectivity index (χ1) is 14.2. The largest absolute Gasteiger partial charge is 0.503 e. The summed E-state index contributed by atoms with van der Waals surface area (Å²) in [7, 11) is 0. The summed E-state index contributed by atoms with van der Waals surface area (Å²) in [5.41, 5.74) is -0.407. The van der Waals surface area contributed by atoms with Gasteiger partial charge in [0.05, 0.1) is 21.6 Å². The van der Waals surface area contributed by atoms with Crippen molar-refractivity contribution in [3.05, 3.63) is 91.2 Å². The SMILES string of the molecule is O=[N+]([O-])c1ccc(Sc2ccc(Cl)cc2)c(CNc2cc([N+](=O)[O-])cc(F)c2O)c1. The van der Waals surface area contributed by atoms with Gasteiger partial charge in [-0.1, -0.05) is 23.4 Å². The molecular formula is C19H13ClFN3O5S. The fraction of sp³-hybridized carbons (Fsp3) is 0.0526. The number of anilines is 1. The Balaban J connectivity index is 1.92. The van der Waals surface area contributed by atoms with Gasteiger partial charge in [-0.25, -0.2) is 4.39 Å².